The lowest BCUT2D eigenvalue weighted by Gasteiger charge is -2.42. The van der Waals surface area contributed by atoms with Crippen LogP contribution in [-0.4, -0.2) is 58.6 Å². The van der Waals surface area contributed by atoms with Crippen molar-refractivity contribution in [3.05, 3.63) is 29.8 Å². The zero-order valence-electron chi connectivity index (χ0n) is 14.1. The molecule has 2 rings (SSSR count). The molecular formula is C18H27NO5. The number of nitrogens with zero attached hydrogens (tertiary/aromatic N) is 1. The number of rotatable bonds is 8. The summed E-state index contributed by atoms with van der Waals surface area (Å²) in [5.74, 6) is -0.194. The average Bonchev–Trinajstić information content (AvgIpc) is 2.56. The average molecular weight is 337 g/mol. The molecule has 0 amide bonds. The number of ether oxygens (including phenoxy) is 1. The van der Waals surface area contributed by atoms with Crippen LogP contribution in [0.1, 0.15) is 31.7 Å². The van der Waals surface area contributed by atoms with E-state index in [-0.39, 0.29) is 13.2 Å². The van der Waals surface area contributed by atoms with Gasteiger partial charge in [-0.15, -0.1) is 0 Å². The van der Waals surface area contributed by atoms with E-state index in [0.29, 0.717) is 38.2 Å². The quantitative estimate of drug-likeness (QED) is 0.666. The van der Waals surface area contributed by atoms with Crippen LogP contribution in [0, 0.1) is 5.41 Å². The Morgan fingerprint density at radius 1 is 1.46 bits per heavy atom. The number of hydrogen-bond donors (Lipinski definition) is 3. The number of carboxylic acids is 1. The molecule has 1 heterocycles. The molecule has 0 saturated carbocycles. The molecule has 0 unspecified atom stereocenters. The highest BCUT2D eigenvalue weighted by Crippen LogP contribution is 2.37. The van der Waals surface area contributed by atoms with E-state index in [9.17, 15) is 15.0 Å². The first-order chi connectivity index (χ1) is 11.5. The summed E-state index contributed by atoms with van der Waals surface area (Å²) in [6.45, 7) is 3.80. The first-order valence-corrected chi connectivity index (χ1v) is 8.48. The lowest BCUT2D eigenvalue weighted by Crippen LogP contribution is -2.54. The minimum Gasteiger partial charge on any atom is -0.491 e. The van der Waals surface area contributed by atoms with Crippen molar-refractivity contribution in [1.82, 2.24) is 4.90 Å². The third-order valence-electron chi connectivity index (χ3n) is 4.73. The van der Waals surface area contributed by atoms with Crippen LogP contribution in [0.25, 0.3) is 0 Å². The monoisotopic (exact) mass is 337 g/mol. The van der Waals surface area contributed by atoms with Crippen LogP contribution in [0.4, 0.5) is 0 Å². The number of aliphatic hydroxyl groups is 2. The second-order valence-electron chi connectivity index (χ2n) is 6.43. The van der Waals surface area contributed by atoms with E-state index >= 15 is 0 Å². The van der Waals surface area contributed by atoms with E-state index in [1.165, 1.54) is 0 Å². The number of β-amino-alcohol motifs (C(OH)–C–C–N with tert-alkyl or cyclic N) is 1. The molecule has 0 aliphatic carbocycles. The van der Waals surface area contributed by atoms with Crippen LogP contribution >= 0.6 is 0 Å². The summed E-state index contributed by atoms with van der Waals surface area (Å²) < 4.78 is 5.41. The third kappa shape index (κ3) is 4.26. The number of carbonyl (C=O) groups is 1. The molecule has 1 aliphatic rings. The Morgan fingerprint density at radius 2 is 2.25 bits per heavy atom. The molecule has 134 valence electrons. The Kier molecular flexibility index (Phi) is 6.60. The van der Waals surface area contributed by atoms with E-state index in [0.717, 1.165) is 12.0 Å². The van der Waals surface area contributed by atoms with E-state index < -0.39 is 17.5 Å². The van der Waals surface area contributed by atoms with Gasteiger partial charge in [-0.25, -0.2) is 0 Å². The van der Waals surface area contributed by atoms with Gasteiger partial charge in [-0.2, -0.15) is 0 Å². The van der Waals surface area contributed by atoms with Gasteiger partial charge in [0.2, 0.25) is 0 Å². The summed E-state index contributed by atoms with van der Waals surface area (Å²) in [6, 6.07) is 7.61. The lowest BCUT2D eigenvalue weighted by molar-refractivity contribution is -0.164. The lowest BCUT2D eigenvalue weighted by atomic mass is 9.73. The number of aliphatic hydroxyl groups excluding tert-OH is 2. The molecule has 0 bridgehead atoms. The van der Waals surface area contributed by atoms with E-state index in [4.69, 9.17) is 9.84 Å². The van der Waals surface area contributed by atoms with Crippen LogP contribution in [0.15, 0.2) is 24.3 Å². The number of hydrogen-bond acceptors (Lipinski definition) is 5. The van der Waals surface area contributed by atoms with Gasteiger partial charge in [-0.05, 0) is 37.1 Å². The number of likely N-dealkylation sites (tertiary alicyclic amines) is 1. The SMILES string of the molecule is CCC[C@]1(C(=O)O)CCN(Cc2cccc(OCCO)c2)C[C@@H]1O. The fourth-order valence-corrected chi connectivity index (χ4v) is 3.43. The van der Waals surface area contributed by atoms with Crippen molar-refractivity contribution in [3.63, 3.8) is 0 Å². The minimum absolute atomic E-state index is 0.0305. The molecule has 0 radical (unpaired) electrons. The third-order valence-corrected chi connectivity index (χ3v) is 4.73. The zero-order chi connectivity index (χ0) is 17.6. The van der Waals surface area contributed by atoms with Crippen LogP contribution in [0.2, 0.25) is 0 Å². The molecule has 3 N–H and O–H groups in total. The van der Waals surface area contributed by atoms with E-state index in [1.807, 2.05) is 31.2 Å². The molecule has 0 aromatic heterocycles. The van der Waals surface area contributed by atoms with Gasteiger partial charge < -0.3 is 20.1 Å². The fraction of sp³-hybridized carbons (Fsp3) is 0.611. The highest BCUT2D eigenvalue weighted by molar-refractivity contribution is 5.75. The predicted octanol–water partition coefficient (Wildman–Crippen LogP) is 1.50. The van der Waals surface area contributed by atoms with Gasteiger partial charge >= 0.3 is 5.97 Å². The first-order valence-electron chi connectivity index (χ1n) is 8.48. The number of aliphatic carboxylic acids is 1. The number of piperidine rings is 1. The normalized spacial score (nSPS) is 24.7. The molecule has 1 aliphatic heterocycles. The van der Waals surface area contributed by atoms with E-state index in [2.05, 4.69) is 4.90 Å². The van der Waals surface area contributed by atoms with Crippen molar-refractivity contribution in [2.45, 2.75) is 38.8 Å². The number of carboxylic acid groups (broad SMARTS) is 1. The summed E-state index contributed by atoms with van der Waals surface area (Å²) >= 11 is 0. The highest BCUT2D eigenvalue weighted by Gasteiger charge is 2.47. The summed E-state index contributed by atoms with van der Waals surface area (Å²) in [5, 5.41) is 28.9. The second kappa shape index (κ2) is 8.46. The second-order valence-corrected chi connectivity index (χ2v) is 6.43. The van der Waals surface area contributed by atoms with Crippen molar-refractivity contribution in [2.75, 3.05) is 26.3 Å². The molecule has 1 saturated heterocycles. The van der Waals surface area contributed by atoms with Crippen LogP contribution in [-0.2, 0) is 11.3 Å². The molecule has 0 spiro atoms. The Labute approximate surface area is 142 Å². The van der Waals surface area contributed by atoms with Crippen LogP contribution < -0.4 is 4.74 Å². The maximum absolute atomic E-state index is 11.7. The maximum Gasteiger partial charge on any atom is 0.312 e. The smallest absolute Gasteiger partial charge is 0.312 e. The Morgan fingerprint density at radius 3 is 2.88 bits per heavy atom. The van der Waals surface area contributed by atoms with Gasteiger partial charge in [0.1, 0.15) is 12.4 Å². The van der Waals surface area contributed by atoms with Gasteiger partial charge in [0.15, 0.2) is 0 Å². The Bertz CT molecular complexity index is 550. The van der Waals surface area contributed by atoms with Crippen LogP contribution in [0.3, 0.4) is 0 Å². The molecule has 6 nitrogen and oxygen atoms in total. The minimum atomic E-state index is -1.02. The zero-order valence-corrected chi connectivity index (χ0v) is 14.1. The van der Waals surface area contributed by atoms with Crippen molar-refractivity contribution in [2.24, 2.45) is 5.41 Å². The largest absolute Gasteiger partial charge is 0.491 e. The Hall–Kier alpha value is -1.63. The Balaban J connectivity index is 2.00. The van der Waals surface area contributed by atoms with Gasteiger partial charge in [0.05, 0.1) is 18.1 Å². The summed E-state index contributed by atoms with van der Waals surface area (Å²) in [7, 11) is 0. The summed E-state index contributed by atoms with van der Waals surface area (Å²) in [6.07, 6.45) is 0.838. The van der Waals surface area contributed by atoms with Crippen molar-refractivity contribution in [1.29, 1.82) is 0 Å². The van der Waals surface area contributed by atoms with Crippen molar-refractivity contribution >= 4 is 5.97 Å². The van der Waals surface area contributed by atoms with E-state index in [1.54, 1.807) is 0 Å². The predicted molar refractivity (Wildman–Crippen MR) is 89.9 cm³/mol. The highest BCUT2D eigenvalue weighted by atomic mass is 16.5. The summed E-state index contributed by atoms with van der Waals surface area (Å²) in [4.78, 5) is 13.7. The van der Waals surface area contributed by atoms with Gasteiger partial charge in [-0.3, -0.25) is 9.69 Å². The maximum atomic E-state index is 11.7. The van der Waals surface area contributed by atoms with Crippen molar-refractivity contribution < 1.29 is 24.9 Å². The van der Waals surface area contributed by atoms with Gasteiger partial charge in [-0.1, -0.05) is 25.5 Å². The van der Waals surface area contributed by atoms with Gasteiger partial charge in [0.25, 0.3) is 0 Å². The molecule has 1 aromatic carbocycles. The molecular weight excluding hydrogens is 310 g/mol. The molecule has 2 atom stereocenters. The van der Waals surface area contributed by atoms with Crippen LogP contribution in [0.5, 0.6) is 5.75 Å². The fourth-order valence-electron chi connectivity index (χ4n) is 3.43. The molecule has 6 heteroatoms. The molecule has 1 aromatic rings. The topological polar surface area (TPSA) is 90.2 Å². The van der Waals surface area contributed by atoms with Gasteiger partial charge in [0, 0.05) is 13.1 Å². The molecule has 24 heavy (non-hydrogen) atoms. The summed E-state index contributed by atoms with van der Waals surface area (Å²) in [5.41, 5.74) is 0.0214. The first kappa shape index (κ1) is 18.7. The number of benzene rings is 1. The van der Waals surface area contributed by atoms with Crippen molar-refractivity contribution in [3.8, 4) is 5.75 Å². The molecule has 1 fully saturated rings. The standard InChI is InChI=1S/C18H27NO5/c1-2-6-18(17(22)23)7-8-19(13-16(18)21)12-14-4-3-5-15(11-14)24-10-9-20/h3-5,11,16,20-21H,2,6-10,12-13H2,1H3,(H,22,23)/t16-,18-/m0/s1.